The third kappa shape index (κ3) is 4.48. The fourth-order valence-electron chi connectivity index (χ4n) is 5.19. The van der Waals surface area contributed by atoms with Gasteiger partial charge in [-0.05, 0) is 68.5 Å². The van der Waals surface area contributed by atoms with Crippen molar-refractivity contribution in [2.45, 2.75) is 57.5 Å². The van der Waals surface area contributed by atoms with Crippen LogP contribution < -0.4 is 10.6 Å². The van der Waals surface area contributed by atoms with Crippen LogP contribution in [-0.4, -0.2) is 27.1 Å². The van der Waals surface area contributed by atoms with E-state index in [1.165, 1.54) is 49.4 Å². The molecule has 6 heteroatoms. The Bertz CT molecular complexity index is 1330. The first-order chi connectivity index (χ1) is 16.3. The number of rotatable bonds is 4. The van der Waals surface area contributed by atoms with Crippen LogP contribution in [0.1, 0.15) is 49.8 Å². The third-order valence-corrected chi connectivity index (χ3v) is 8.00. The average Bonchev–Trinajstić information content (AvgIpc) is 3.59. The van der Waals surface area contributed by atoms with Crippen molar-refractivity contribution < 1.29 is 0 Å². The highest BCUT2D eigenvalue weighted by Crippen LogP contribution is 2.32. The molecule has 33 heavy (non-hydrogen) atoms. The lowest BCUT2D eigenvalue weighted by atomic mass is 9.89. The fourth-order valence-corrected chi connectivity index (χ4v) is 6.11. The van der Waals surface area contributed by atoms with Gasteiger partial charge in [0.15, 0.2) is 5.82 Å². The summed E-state index contributed by atoms with van der Waals surface area (Å²) in [4.78, 5) is 10.0. The molecule has 168 valence electrons. The Hall–Kier alpha value is -2.88. The van der Waals surface area contributed by atoms with Gasteiger partial charge in [0.25, 0.3) is 0 Å². The van der Waals surface area contributed by atoms with Crippen molar-refractivity contribution in [2.75, 3.05) is 11.9 Å². The molecule has 4 aromatic rings. The van der Waals surface area contributed by atoms with Crippen LogP contribution in [0, 0.1) is 17.8 Å². The van der Waals surface area contributed by atoms with Crippen molar-refractivity contribution in [3.05, 3.63) is 47.7 Å². The van der Waals surface area contributed by atoms with Crippen LogP contribution in [0.15, 0.2) is 42.9 Å². The standard InChI is InChI=1S/C27H29N5S/c1-2-5-19(6-3-1)17-32-14-12-20-15-22(9-11-25(20)32)31-27-26-24(29-18-30-27)16-23(33-26)10-8-21-7-4-13-28-21/h9,11-12,14-16,18-19,21,28H,1-7,13,17H2,(H,29,30,31)/t21-/m0/s1. The molecular formula is C27H29N5S. The second-order valence-electron chi connectivity index (χ2n) is 9.34. The lowest BCUT2D eigenvalue weighted by molar-refractivity contribution is 0.322. The second kappa shape index (κ2) is 9.17. The fraction of sp³-hybridized carbons (Fsp3) is 0.407. The zero-order valence-electron chi connectivity index (χ0n) is 18.8. The molecule has 0 radical (unpaired) electrons. The van der Waals surface area contributed by atoms with Gasteiger partial charge in [0.1, 0.15) is 6.33 Å². The van der Waals surface area contributed by atoms with Crippen LogP contribution in [0.25, 0.3) is 21.1 Å². The summed E-state index contributed by atoms with van der Waals surface area (Å²) < 4.78 is 3.48. The lowest BCUT2D eigenvalue weighted by Gasteiger charge is -2.22. The molecule has 0 bridgehead atoms. The average molecular weight is 456 g/mol. The van der Waals surface area contributed by atoms with Gasteiger partial charge < -0.3 is 15.2 Å². The SMILES string of the molecule is C(#C[C@@H]1CCCN1)c1cc2ncnc(Nc3ccc4c(ccn4CC4CCCCC4)c3)c2s1. The topological polar surface area (TPSA) is 54.8 Å². The summed E-state index contributed by atoms with van der Waals surface area (Å²) in [5.74, 6) is 8.36. The number of nitrogens with zero attached hydrogens (tertiary/aromatic N) is 3. The molecule has 1 aliphatic heterocycles. The van der Waals surface area contributed by atoms with Crippen LogP contribution in [0.4, 0.5) is 11.5 Å². The Balaban J connectivity index is 1.23. The van der Waals surface area contributed by atoms with Gasteiger partial charge in [-0.2, -0.15) is 0 Å². The third-order valence-electron chi connectivity index (χ3n) is 6.95. The summed E-state index contributed by atoms with van der Waals surface area (Å²) in [5.41, 5.74) is 3.31. The Morgan fingerprint density at radius 2 is 2.00 bits per heavy atom. The number of benzene rings is 1. The molecule has 3 aromatic heterocycles. The van der Waals surface area contributed by atoms with Gasteiger partial charge in [0.2, 0.25) is 0 Å². The molecule has 0 amide bonds. The molecular weight excluding hydrogens is 426 g/mol. The van der Waals surface area contributed by atoms with E-state index in [1.807, 2.05) is 0 Å². The Morgan fingerprint density at radius 3 is 2.88 bits per heavy atom. The molecule has 2 N–H and O–H groups in total. The highest BCUT2D eigenvalue weighted by Gasteiger charge is 2.15. The van der Waals surface area contributed by atoms with Crippen molar-refractivity contribution in [1.29, 1.82) is 0 Å². The van der Waals surface area contributed by atoms with Crippen LogP contribution in [0.2, 0.25) is 0 Å². The maximum atomic E-state index is 4.54. The van der Waals surface area contributed by atoms with E-state index in [1.54, 1.807) is 17.7 Å². The van der Waals surface area contributed by atoms with Crippen LogP contribution in [-0.2, 0) is 6.54 Å². The first-order valence-corrected chi connectivity index (χ1v) is 13.0. The van der Waals surface area contributed by atoms with E-state index >= 15 is 0 Å². The molecule has 0 spiro atoms. The van der Waals surface area contributed by atoms with Gasteiger partial charge >= 0.3 is 0 Å². The lowest BCUT2D eigenvalue weighted by Crippen LogP contribution is -2.18. The van der Waals surface area contributed by atoms with E-state index in [-0.39, 0.29) is 0 Å². The number of nitrogens with one attached hydrogen (secondary N) is 2. The quantitative estimate of drug-likeness (QED) is 0.367. The van der Waals surface area contributed by atoms with Gasteiger partial charge in [0.05, 0.1) is 21.1 Å². The van der Waals surface area contributed by atoms with Gasteiger partial charge in [-0.25, -0.2) is 9.97 Å². The number of hydrogen-bond donors (Lipinski definition) is 2. The smallest absolute Gasteiger partial charge is 0.151 e. The molecule has 1 aromatic carbocycles. The van der Waals surface area contributed by atoms with Crippen LogP contribution >= 0.6 is 11.3 Å². The molecule has 1 saturated carbocycles. The van der Waals surface area contributed by atoms with Gasteiger partial charge in [-0.15, -0.1) is 11.3 Å². The monoisotopic (exact) mass is 455 g/mol. The molecule has 1 aliphatic carbocycles. The molecule has 2 aliphatic rings. The minimum absolute atomic E-state index is 0.316. The highest BCUT2D eigenvalue weighted by molar-refractivity contribution is 7.20. The first-order valence-electron chi connectivity index (χ1n) is 12.2. The zero-order valence-corrected chi connectivity index (χ0v) is 19.6. The number of anilines is 2. The molecule has 5 nitrogen and oxygen atoms in total. The first kappa shape index (κ1) is 20.7. The number of fused-ring (bicyclic) bond motifs is 2. The van der Waals surface area contributed by atoms with Crippen molar-refractivity contribution in [2.24, 2.45) is 5.92 Å². The predicted molar refractivity (Wildman–Crippen MR) is 137 cm³/mol. The van der Waals surface area contributed by atoms with Gasteiger partial charge in [-0.3, -0.25) is 0 Å². The molecule has 2 fully saturated rings. The van der Waals surface area contributed by atoms with Crippen LogP contribution in [0.5, 0.6) is 0 Å². The van der Waals surface area contributed by atoms with Crippen molar-refractivity contribution in [1.82, 2.24) is 19.9 Å². The van der Waals surface area contributed by atoms with Crippen molar-refractivity contribution >= 4 is 44.0 Å². The minimum Gasteiger partial charge on any atom is -0.347 e. The largest absolute Gasteiger partial charge is 0.347 e. The van der Waals surface area contributed by atoms with Crippen molar-refractivity contribution in [3.63, 3.8) is 0 Å². The van der Waals surface area contributed by atoms with Crippen LogP contribution in [0.3, 0.4) is 0 Å². The number of aromatic nitrogens is 3. The summed E-state index contributed by atoms with van der Waals surface area (Å²) in [6, 6.07) is 11.2. The van der Waals surface area contributed by atoms with E-state index in [4.69, 9.17) is 0 Å². The summed E-state index contributed by atoms with van der Waals surface area (Å²) >= 11 is 1.66. The normalized spacial score (nSPS) is 19.1. The molecule has 1 saturated heterocycles. The summed E-state index contributed by atoms with van der Waals surface area (Å²) in [7, 11) is 0. The second-order valence-corrected chi connectivity index (χ2v) is 10.4. The van der Waals surface area contributed by atoms with E-state index < -0.39 is 0 Å². The molecule has 4 heterocycles. The maximum Gasteiger partial charge on any atom is 0.151 e. The summed E-state index contributed by atoms with van der Waals surface area (Å²) in [5, 5.41) is 8.23. The highest BCUT2D eigenvalue weighted by atomic mass is 32.1. The number of hydrogen-bond acceptors (Lipinski definition) is 5. The molecule has 1 atom stereocenters. The Kier molecular flexibility index (Phi) is 5.75. The van der Waals surface area contributed by atoms with Gasteiger partial charge in [-0.1, -0.05) is 31.1 Å². The summed E-state index contributed by atoms with van der Waals surface area (Å²) in [6.07, 6.45) is 13.1. The predicted octanol–water partition coefficient (Wildman–Crippen LogP) is 6.07. The Morgan fingerprint density at radius 1 is 1.06 bits per heavy atom. The molecule has 6 rings (SSSR count). The zero-order chi connectivity index (χ0) is 22.0. The Labute approximate surface area is 198 Å². The van der Waals surface area contributed by atoms with E-state index in [0.29, 0.717) is 6.04 Å². The van der Waals surface area contributed by atoms with E-state index in [9.17, 15) is 0 Å². The maximum absolute atomic E-state index is 4.54. The van der Waals surface area contributed by atoms with E-state index in [0.717, 1.165) is 52.0 Å². The van der Waals surface area contributed by atoms with Crippen molar-refractivity contribution in [3.8, 4) is 11.8 Å². The van der Waals surface area contributed by atoms with E-state index in [2.05, 4.69) is 73.5 Å². The van der Waals surface area contributed by atoms with Gasteiger partial charge in [0, 0.05) is 29.3 Å². The number of thiophene rings is 1. The minimum atomic E-state index is 0.316. The summed E-state index contributed by atoms with van der Waals surface area (Å²) in [6.45, 7) is 2.21. The molecule has 0 unspecified atom stereocenters.